The molecule has 11 heteroatoms. The Kier molecular flexibility index (Phi) is 11.8. The first-order valence-corrected chi connectivity index (χ1v) is 12.6. The van der Waals surface area contributed by atoms with E-state index in [2.05, 4.69) is 10.3 Å². The van der Waals surface area contributed by atoms with Crippen molar-refractivity contribution in [1.82, 2.24) is 19.8 Å². The molecule has 8 nitrogen and oxygen atoms in total. The topological polar surface area (TPSA) is 96.7 Å². The number of aryl methyl sites for hydroxylation is 2. The summed E-state index contributed by atoms with van der Waals surface area (Å²) in [6, 6.07) is 11.8. The standard InChI is InChI=1S/C26H29F3N4O4.C2H6.H2/c1-32-16-22(31-17-32)24(25(36)30-15-19-5-10-21(37-2)11-6-19)33(14-13-26(27,28)29)23(35)12-7-18-3-8-20(34)9-4-18;1-2;/h3-6,8-11,16-17,24,34H,7,12-15H2,1-2H3,(H,30,36);1-2H3;1H. The summed E-state index contributed by atoms with van der Waals surface area (Å²) >= 11 is 0. The van der Waals surface area contributed by atoms with E-state index in [1.54, 1.807) is 48.0 Å². The van der Waals surface area contributed by atoms with Crippen molar-refractivity contribution in [3.63, 3.8) is 0 Å². The number of hydrogen-bond donors (Lipinski definition) is 2. The molecule has 0 aliphatic heterocycles. The van der Waals surface area contributed by atoms with Gasteiger partial charge in [-0.05, 0) is 41.8 Å². The summed E-state index contributed by atoms with van der Waals surface area (Å²) in [6.45, 7) is 3.40. The Morgan fingerprint density at radius 2 is 1.72 bits per heavy atom. The minimum Gasteiger partial charge on any atom is -0.508 e. The van der Waals surface area contributed by atoms with E-state index >= 15 is 0 Å². The summed E-state index contributed by atoms with van der Waals surface area (Å²) in [7, 11) is 3.19. The number of hydrogen-bond acceptors (Lipinski definition) is 5. The zero-order chi connectivity index (χ0) is 29.0. The van der Waals surface area contributed by atoms with Crippen LogP contribution in [0.2, 0.25) is 0 Å². The number of aromatic nitrogens is 2. The van der Waals surface area contributed by atoms with Crippen LogP contribution in [0.5, 0.6) is 11.5 Å². The first-order chi connectivity index (χ1) is 18.6. The van der Waals surface area contributed by atoms with Crippen molar-refractivity contribution in [1.29, 1.82) is 0 Å². The van der Waals surface area contributed by atoms with Crippen LogP contribution in [-0.2, 0) is 29.6 Å². The monoisotopic (exact) mass is 550 g/mol. The van der Waals surface area contributed by atoms with Crippen LogP contribution < -0.4 is 10.1 Å². The van der Waals surface area contributed by atoms with Crippen molar-refractivity contribution in [3.05, 3.63) is 77.9 Å². The molecular weight excluding hydrogens is 513 g/mol. The number of benzene rings is 2. The van der Waals surface area contributed by atoms with Crippen LogP contribution in [0.3, 0.4) is 0 Å². The van der Waals surface area contributed by atoms with E-state index in [-0.39, 0.29) is 32.3 Å². The van der Waals surface area contributed by atoms with E-state index in [1.807, 2.05) is 13.8 Å². The molecule has 1 unspecified atom stereocenters. The lowest BCUT2D eigenvalue weighted by molar-refractivity contribution is -0.152. The SMILES string of the molecule is CC.COc1ccc(CNC(=O)C(c2cn(C)cn2)N(CCC(F)(F)F)C(=O)CCc2ccc(O)cc2)cc1.[HH]. The molecule has 0 saturated heterocycles. The van der Waals surface area contributed by atoms with Gasteiger partial charge in [-0.2, -0.15) is 13.2 Å². The number of aromatic hydroxyl groups is 1. The molecule has 0 aliphatic carbocycles. The quantitative estimate of drug-likeness (QED) is 0.343. The largest absolute Gasteiger partial charge is 0.508 e. The van der Waals surface area contributed by atoms with Gasteiger partial charge in [0.05, 0.1) is 25.6 Å². The minimum atomic E-state index is -4.52. The smallest absolute Gasteiger partial charge is 0.390 e. The third-order valence-electron chi connectivity index (χ3n) is 5.71. The Balaban J connectivity index is 0.00000261. The second kappa shape index (κ2) is 14.8. The van der Waals surface area contributed by atoms with Gasteiger partial charge in [-0.3, -0.25) is 9.59 Å². The van der Waals surface area contributed by atoms with Crippen LogP contribution in [0.25, 0.3) is 0 Å². The summed E-state index contributed by atoms with van der Waals surface area (Å²) in [5.41, 5.74) is 1.63. The van der Waals surface area contributed by atoms with Crippen molar-refractivity contribution >= 4 is 11.8 Å². The number of halogens is 3. The highest BCUT2D eigenvalue weighted by atomic mass is 19.4. The Hall–Kier alpha value is -4.02. The Morgan fingerprint density at radius 3 is 2.26 bits per heavy atom. The van der Waals surface area contributed by atoms with Crippen LogP contribution in [0.1, 0.15) is 51.0 Å². The molecule has 0 spiro atoms. The van der Waals surface area contributed by atoms with Crippen LogP contribution in [0.15, 0.2) is 61.1 Å². The second-order valence-corrected chi connectivity index (χ2v) is 8.55. The highest BCUT2D eigenvalue weighted by Gasteiger charge is 2.36. The molecule has 0 bridgehead atoms. The van der Waals surface area contributed by atoms with Crippen molar-refractivity contribution in [2.75, 3.05) is 13.7 Å². The molecule has 2 N–H and O–H groups in total. The van der Waals surface area contributed by atoms with Gasteiger partial charge in [0.2, 0.25) is 11.8 Å². The third kappa shape index (κ3) is 9.99. The zero-order valence-electron chi connectivity index (χ0n) is 22.5. The van der Waals surface area contributed by atoms with Gasteiger partial charge in [0.15, 0.2) is 6.04 Å². The van der Waals surface area contributed by atoms with Crippen molar-refractivity contribution in [3.8, 4) is 11.5 Å². The highest BCUT2D eigenvalue weighted by Crippen LogP contribution is 2.26. The molecule has 3 aromatic rings. The minimum absolute atomic E-state index is 0. The van der Waals surface area contributed by atoms with E-state index in [0.717, 1.165) is 16.0 Å². The summed E-state index contributed by atoms with van der Waals surface area (Å²) < 4.78 is 46.2. The Labute approximate surface area is 227 Å². The molecule has 2 aromatic carbocycles. The predicted molar refractivity (Wildman–Crippen MR) is 143 cm³/mol. The Morgan fingerprint density at radius 1 is 1.10 bits per heavy atom. The van der Waals surface area contributed by atoms with Gasteiger partial charge in [-0.15, -0.1) is 0 Å². The number of alkyl halides is 3. The molecule has 2 amide bonds. The van der Waals surface area contributed by atoms with Gasteiger partial charge < -0.3 is 24.6 Å². The average Bonchev–Trinajstić information content (AvgIpc) is 3.35. The number of phenols is 1. The van der Waals surface area contributed by atoms with E-state index in [1.165, 1.54) is 31.8 Å². The summed E-state index contributed by atoms with van der Waals surface area (Å²) in [6.07, 6.45) is -2.77. The van der Waals surface area contributed by atoms with Crippen molar-refractivity contribution in [2.45, 2.75) is 51.9 Å². The maximum atomic E-state index is 13.3. The second-order valence-electron chi connectivity index (χ2n) is 8.55. The molecule has 1 heterocycles. The zero-order valence-corrected chi connectivity index (χ0v) is 22.5. The van der Waals surface area contributed by atoms with Crippen LogP contribution >= 0.6 is 0 Å². The molecular formula is C28H37F3N4O4. The number of carbonyl (C=O) groups excluding carboxylic acids is 2. The first kappa shape index (κ1) is 31.2. The van der Waals surface area contributed by atoms with Gasteiger partial charge in [0.1, 0.15) is 11.5 Å². The van der Waals surface area contributed by atoms with E-state index < -0.39 is 37.0 Å². The number of nitrogens with zero attached hydrogens (tertiary/aromatic N) is 3. The fourth-order valence-electron chi connectivity index (χ4n) is 3.74. The molecule has 1 atom stereocenters. The first-order valence-electron chi connectivity index (χ1n) is 12.6. The van der Waals surface area contributed by atoms with Gasteiger partial charge in [-0.1, -0.05) is 38.1 Å². The maximum absolute atomic E-state index is 13.3. The lowest BCUT2D eigenvalue weighted by atomic mass is 10.1. The van der Waals surface area contributed by atoms with Gasteiger partial charge in [0, 0.05) is 34.2 Å². The normalized spacial score (nSPS) is 11.7. The van der Waals surface area contributed by atoms with Crippen LogP contribution in [-0.4, -0.2) is 51.2 Å². The van der Waals surface area contributed by atoms with E-state index in [4.69, 9.17) is 4.74 Å². The van der Waals surface area contributed by atoms with Crippen molar-refractivity contribution < 1.29 is 34.0 Å². The summed E-state index contributed by atoms with van der Waals surface area (Å²) in [5.74, 6) is -0.563. The number of ether oxygens (including phenoxy) is 1. The van der Waals surface area contributed by atoms with Crippen LogP contribution in [0.4, 0.5) is 13.2 Å². The lowest BCUT2D eigenvalue weighted by Gasteiger charge is -2.30. The summed E-state index contributed by atoms with van der Waals surface area (Å²) in [5, 5.41) is 12.2. The third-order valence-corrected chi connectivity index (χ3v) is 5.71. The average molecular weight is 551 g/mol. The number of amides is 2. The molecule has 39 heavy (non-hydrogen) atoms. The summed E-state index contributed by atoms with van der Waals surface area (Å²) in [4.78, 5) is 31.7. The number of methoxy groups -OCH3 is 1. The fraction of sp³-hybridized carbons (Fsp3) is 0.393. The molecule has 214 valence electrons. The number of imidazole rings is 1. The molecule has 0 radical (unpaired) electrons. The van der Waals surface area contributed by atoms with Gasteiger partial charge >= 0.3 is 6.18 Å². The van der Waals surface area contributed by atoms with Gasteiger partial charge in [-0.25, -0.2) is 4.98 Å². The lowest BCUT2D eigenvalue weighted by Crippen LogP contribution is -2.45. The van der Waals surface area contributed by atoms with Crippen molar-refractivity contribution in [2.24, 2.45) is 7.05 Å². The molecule has 0 aliphatic rings. The van der Waals surface area contributed by atoms with E-state index in [9.17, 15) is 27.9 Å². The van der Waals surface area contributed by atoms with Crippen LogP contribution in [0, 0.1) is 0 Å². The fourth-order valence-corrected chi connectivity index (χ4v) is 3.74. The molecule has 3 rings (SSSR count). The predicted octanol–water partition coefficient (Wildman–Crippen LogP) is 5.18. The van der Waals surface area contributed by atoms with E-state index in [0.29, 0.717) is 5.75 Å². The molecule has 0 saturated carbocycles. The molecule has 0 fully saturated rings. The Bertz CT molecular complexity index is 1190. The van der Waals surface area contributed by atoms with Gasteiger partial charge in [0.25, 0.3) is 0 Å². The highest BCUT2D eigenvalue weighted by molar-refractivity contribution is 5.88. The number of nitrogens with one attached hydrogen (secondary N) is 1. The maximum Gasteiger partial charge on any atom is 0.390 e. The number of carbonyl (C=O) groups is 2. The number of phenolic OH excluding ortho intramolecular Hbond substituents is 1. The molecule has 1 aromatic heterocycles. The number of rotatable bonds is 11.